The summed E-state index contributed by atoms with van der Waals surface area (Å²) in [6, 6.07) is 11.3. The smallest absolute Gasteiger partial charge is 0.255 e. The number of likely N-dealkylation sites (N-methyl/N-ethyl adjacent to an activating group) is 1. The Bertz CT molecular complexity index is 1540. The van der Waals surface area contributed by atoms with Crippen molar-refractivity contribution in [1.29, 1.82) is 5.26 Å². The van der Waals surface area contributed by atoms with Crippen LogP contribution in [-0.4, -0.2) is 77.4 Å². The molecule has 2 N–H and O–H groups in total. The van der Waals surface area contributed by atoms with E-state index in [9.17, 15) is 10.1 Å². The number of hydrogen-bond acceptors (Lipinski definition) is 10. The van der Waals surface area contributed by atoms with Gasteiger partial charge in [0, 0.05) is 56.9 Å². The number of carbonyl (C=O) groups excluding carboxylic acids is 1. The molecule has 0 saturated carbocycles. The number of furan rings is 1. The molecular formula is C28H28N6O5. The van der Waals surface area contributed by atoms with Crippen LogP contribution < -0.4 is 10.1 Å². The van der Waals surface area contributed by atoms with Crippen LogP contribution in [0.15, 0.2) is 47.1 Å². The third-order valence-corrected chi connectivity index (χ3v) is 6.61. The van der Waals surface area contributed by atoms with Gasteiger partial charge in [-0.15, -0.1) is 0 Å². The standard InChI is InChI=1S/C28H28N6O5/c1-34(9-10-35)28(36)17-13-24(37-2)26(31-16-17)25-14-22-27(39-25)19(5-8-30-22)20-3-4-21(23(15-29)33-20)32-18-6-11-38-12-7-18/h3-5,8,13-14,16,18,32,35H,6-7,9-12H2,1-2H3. The van der Waals surface area contributed by atoms with Gasteiger partial charge in [-0.25, -0.2) is 9.97 Å². The highest BCUT2D eigenvalue weighted by molar-refractivity contribution is 5.95. The minimum absolute atomic E-state index is 0.140. The highest BCUT2D eigenvalue weighted by Crippen LogP contribution is 2.36. The van der Waals surface area contributed by atoms with Gasteiger partial charge in [0.1, 0.15) is 23.0 Å². The van der Waals surface area contributed by atoms with Crippen molar-refractivity contribution >= 4 is 22.7 Å². The van der Waals surface area contributed by atoms with E-state index >= 15 is 0 Å². The van der Waals surface area contributed by atoms with Gasteiger partial charge in [-0.1, -0.05) is 0 Å². The van der Waals surface area contributed by atoms with Crippen molar-refractivity contribution in [1.82, 2.24) is 19.9 Å². The number of nitrogens with zero attached hydrogens (tertiary/aromatic N) is 5. The van der Waals surface area contributed by atoms with Gasteiger partial charge < -0.3 is 29.2 Å². The molecule has 5 heterocycles. The maximum atomic E-state index is 12.6. The summed E-state index contributed by atoms with van der Waals surface area (Å²) in [7, 11) is 3.09. The van der Waals surface area contributed by atoms with E-state index in [1.165, 1.54) is 18.2 Å². The zero-order chi connectivity index (χ0) is 27.4. The molecule has 200 valence electrons. The number of hydrogen-bond donors (Lipinski definition) is 2. The van der Waals surface area contributed by atoms with Crippen LogP contribution in [0.4, 0.5) is 5.69 Å². The summed E-state index contributed by atoms with van der Waals surface area (Å²) >= 11 is 0. The van der Waals surface area contributed by atoms with Crippen LogP contribution in [0.2, 0.25) is 0 Å². The number of carbonyl (C=O) groups is 1. The lowest BCUT2D eigenvalue weighted by molar-refractivity contribution is 0.0766. The monoisotopic (exact) mass is 528 g/mol. The van der Waals surface area contributed by atoms with Crippen LogP contribution in [0.1, 0.15) is 28.9 Å². The molecule has 1 aliphatic rings. The lowest BCUT2D eigenvalue weighted by Gasteiger charge is -2.24. The Morgan fingerprint density at radius 3 is 2.82 bits per heavy atom. The minimum Gasteiger partial charge on any atom is -0.494 e. The first-order valence-corrected chi connectivity index (χ1v) is 12.6. The highest BCUT2D eigenvalue weighted by atomic mass is 16.5. The number of aliphatic hydroxyl groups is 1. The average Bonchev–Trinajstić information content (AvgIpc) is 3.42. The van der Waals surface area contributed by atoms with E-state index in [1.54, 1.807) is 31.4 Å². The first kappa shape index (κ1) is 26.1. The SMILES string of the molecule is COc1cc(C(=O)N(C)CCO)cnc1-c1cc2nccc(-c3ccc(NC4CCOCC4)c(C#N)n3)c2o1. The van der Waals surface area contributed by atoms with E-state index in [0.29, 0.717) is 69.7 Å². The summed E-state index contributed by atoms with van der Waals surface area (Å²) in [6.45, 7) is 1.45. The number of rotatable bonds is 8. The number of aliphatic hydroxyl groups excluding tert-OH is 1. The number of aromatic nitrogens is 3. The van der Waals surface area contributed by atoms with Crippen molar-refractivity contribution < 1.29 is 23.8 Å². The van der Waals surface area contributed by atoms with Gasteiger partial charge in [-0.05, 0) is 37.1 Å². The molecule has 0 radical (unpaired) electrons. The van der Waals surface area contributed by atoms with E-state index in [1.807, 2.05) is 12.1 Å². The molecule has 0 bridgehead atoms. The summed E-state index contributed by atoms with van der Waals surface area (Å²) in [4.78, 5) is 27.5. The van der Waals surface area contributed by atoms with E-state index in [2.05, 4.69) is 26.3 Å². The highest BCUT2D eigenvalue weighted by Gasteiger charge is 2.21. The van der Waals surface area contributed by atoms with E-state index in [4.69, 9.17) is 19.0 Å². The molecule has 11 heteroatoms. The van der Waals surface area contributed by atoms with Crippen molar-refractivity contribution in [3.8, 4) is 34.5 Å². The third-order valence-electron chi connectivity index (χ3n) is 6.61. The van der Waals surface area contributed by atoms with Gasteiger partial charge in [0.05, 0.1) is 30.7 Å². The average molecular weight is 529 g/mol. The number of nitriles is 1. The van der Waals surface area contributed by atoms with Crippen LogP contribution in [0.3, 0.4) is 0 Å². The van der Waals surface area contributed by atoms with Crippen molar-refractivity contribution in [2.75, 3.05) is 45.8 Å². The third kappa shape index (κ3) is 5.38. The fourth-order valence-electron chi connectivity index (χ4n) is 4.50. The van der Waals surface area contributed by atoms with Crippen LogP contribution in [0.25, 0.3) is 33.8 Å². The Morgan fingerprint density at radius 1 is 1.26 bits per heavy atom. The molecule has 1 aliphatic heterocycles. The fourth-order valence-corrected chi connectivity index (χ4v) is 4.50. The van der Waals surface area contributed by atoms with Crippen molar-refractivity contribution in [3.63, 3.8) is 0 Å². The summed E-state index contributed by atoms with van der Waals surface area (Å²) in [5, 5.41) is 22.3. The molecule has 4 aromatic rings. The Kier molecular flexibility index (Phi) is 7.67. The van der Waals surface area contributed by atoms with Crippen LogP contribution >= 0.6 is 0 Å². The van der Waals surface area contributed by atoms with Gasteiger partial charge in [-0.2, -0.15) is 5.26 Å². The van der Waals surface area contributed by atoms with E-state index in [0.717, 1.165) is 12.8 Å². The maximum absolute atomic E-state index is 12.6. The first-order chi connectivity index (χ1) is 19.0. The fraction of sp³-hybridized carbons (Fsp3) is 0.321. The molecule has 0 aromatic carbocycles. The number of fused-ring (bicyclic) bond motifs is 1. The van der Waals surface area contributed by atoms with Gasteiger partial charge in [0.15, 0.2) is 17.0 Å². The molecular weight excluding hydrogens is 500 g/mol. The maximum Gasteiger partial charge on any atom is 0.255 e. The number of ether oxygens (including phenoxy) is 2. The molecule has 39 heavy (non-hydrogen) atoms. The van der Waals surface area contributed by atoms with Crippen LogP contribution in [-0.2, 0) is 4.74 Å². The van der Waals surface area contributed by atoms with Gasteiger partial charge in [0.25, 0.3) is 5.91 Å². The number of amides is 1. The molecule has 4 aromatic heterocycles. The molecule has 11 nitrogen and oxygen atoms in total. The Hall–Kier alpha value is -4.53. The zero-order valence-electron chi connectivity index (χ0n) is 21.7. The molecule has 1 saturated heterocycles. The molecule has 5 rings (SSSR count). The van der Waals surface area contributed by atoms with E-state index < -0.39 is 0 Å². The minimum atomic E-state index is -0.288. The second-order valence-corrected chi connectivity index (χ2v) is 9.14. The molecule has 0 unspecified atom stereocenters. The Morgan fingerprint density at radius 2 is 2.08 bits per heavy atom. The first-order valence-electron chi connectivity index (χ1n) is 12.6. The zero-order valence-corrected chi connectivity index (χ0v) is 21.7. The summed E-state index contributed by atoms with van der Waals surface area (Å²) in [6.07, 6.45) is 4.85. The Balaban J connectivity index is 1.48. The van der Waals surface area contributed by atoms with Gasteiger partial charge in [-0.3, -0.25) is 9.78 Å². The topological polar surface area (TPSA) is 147 Å². The summed E-state index contributed by atoms with van der Waals surface area (Å²) < 4.78 is 17.1. The van der Waals surface area contributed by atoms with Crippen molar-refractivity contribution in [2.24, 2.45) is 0 Å². The summed E-state index contributed by atoms with van der Waals surface area (Å²) in [5.74, 6) is 0.471. The molecule has 1 fully saturated rings. The normalized spacial score (nSPS) is 13.7. The number of pyridine rings is 3. The number of nitrogens with one attached hydrogen (secondary N) is 1. The number of methoxy groups -OCH3 is 1. The molecule has 0 atom stereocenters. The predicted molar refractivity (Wildman–Crippen MR) is 143 cm³/mol. The van der Waals surface area contributed by atoms with Gasteiger partial charge >= 0.3 is 0 Å². The quantitative estimate of drug-likeness (QED) is 0.348. The molecule has 0 spiro atoms. The van der Waals surface area contributed by atoms with Crippen molar-refractivity contribution in [2.45, 2.75) is 18.9 Å². The van der Waals surface area contributed by atoms with Crippen LogP contribution in [0.5, 0.6) is 5.75 Å². The largest absolute Gasteiger partial charge is 0.494 e. The lowest BCUT2D eigenvalue weighted by Crippen LogP contribution is -2.29. The second-order valence-electron chi connectivity index (χ2n) is 9.14. The number of anilines is 1. The lowest BCUT2D eigenvalue weighted by atomic mass is 10.1. The van der Waals surface area contributed by atoms with Gasteiger partial charge in [0.2, 0.25) is 0 Å². The predicted octanol–water partition coefficient (Wildman–Crippen LogP) is 3.49. The van der Waals surface area contributed by atoms with Crippen molar-refractivity contribution in [3.05, 3.63) is 54.0 Å². The molecule has 0 aliphatic carbocycles. The summed E-state index contributed by atoms with van der Waals surface area (Å²) in [5.41, 5.74) is 4.03. The Labute approximate surface area is 225 Å². The van der Waals surface area contributed by atoms with Crippen LogP contribution in [0, 0.1) is 11.3 Å². The molecule has 1 amide bonds. The second kappa shape index (κ2) is 11.5. The van der Waals surface area contributed by atoms with E-state index in [-0.39, 0.29) is 25.1 Å².